The first kappa shape index (κ1) is 9.44. The molecule has 1 heterocycles. The molecule has 0 aromatic heterocycles. The molecular weight excluding hydrogens is 166 g/mol. The van der Waals surface area contributed by atoms with E-state index in [0.717, 1.165) is 19.8 Å². The molecule has 2 rings (SSSR count). The molecule has 0 aromatic rings. The van der Waals surface area contributed by atoms with Crippen molar-refractivity contribution in [2.45, 2.75) is 31.4 Å². The first-order chi connectivity index (χ1) is 6.42. The van der Waals surface area contributed by atoms with Crippen LogP contribution in [-0.2, 0) is 9.47 Å². The number of hydrogen-bond acceptors (Lipinski definition) is 3. The van der Waals surface area contributed by atoms with E-state index in [2.05, 4.69) is 5.32 Å². The topological polar surface area (TPSA) is 30.5 Å². The molecule has 1 N–H and O–H groups in total. The van der Waals surface area contributed by atoms with Crippen molar-refractivity contribution in [2.75, 3.05) is 26.9 Å². The number of rotatable bonds is 2. The van der Waals surface area contributed by atoms with Crippen LogP contribution in [0.1, 0.15) is 19.3 Å². The Morgan fingerprint density at radius 1 is 1.38 bits per heavy atom. The normalized spacial score (nSPS) is 40.8. The first-order valence-corrected chi connectivity index (χ1v) is 5.25. The van der Waals surface area contributed by atoms with Crippen LogP contribution in [0.2, 0.25) is 0 Å². The maximum absolute atomic E-state index is 5.48. The zero-order chi connectivity index (χ0) is 9.10. The fourth-order valence-corrected chi connectivity index (χ4v) is 2.57. The predicted molar refractivity (Wildman–Crippen MR) is 50.7 cm³/mol. The Kier molecular flexibility index (Phi) is 3.19. The molecule has 1 aliphatic carbocycles. The third-order valence-corrected chi connectivity index (χ3v) is 3.27. The Balaban J connectivity index is 1.90. The third-order valence-electron chi connectivity index (χ3n) is 3.27. The van der Waals surface area contributed by atoms with E-state index >= 15 is 0 Å². The Hall–Kier alpha value is -0.120. The zero-order valence-electron chi connectivity index (χ0n) is 8.29. The number of morpholine rings is 1. The summed E-state index contributed by atoms with van der Waals surface area (Å²) in [5.74, 6) is 0.672. The molecule has 1 saturated heterocycles. The SMILES string of the molecule is COC1CCCC1C1COCCN1. The molecule has 0 aromatic carbocycles. The summed E-state index contributed by atoms with van der Waals surface area (Å²) >= 11 is 0. The average molecular weight is 185 g/mol. The van der Waals surface area contributed by atoms with E-state index in [1.165, 1.54) is 19.3 Å². The minimum absolute atomic E-state index is 0.458. The number of ether oxygens (including phenoxy) is 2. The zero-order valence-corrected chi connectivity index (χ0v) is 8.29. The van der Waals surface area contributed by atoms with E-state index in [1.54, 1.807) is 0 Å². The van der Waals surface area contributed by atoms with Gasteiger partial charge in [0.05, 0.1) is 19.3 Å². The largest absolute Gasteiger partial charge is 0.381 e. The highest BCUT2D eigenvalue weighted by Gasteiger charge is 2.34. The maximum Gasteiger partial charge on any atom is 0.0623 e. The molecule has 0 radical (unpaired) electrons. The molecule has 2 fully saturated rings. The standard InChI is InChI=1S/C10H19NO2/c1-12-10-4-2-3-8(10)9-7-13-6-5-11-9/h8-11H,2-7H2,1H3. The van der Waals surface area contributed by atoms with Crippen molar-refractivity contribution in [1.82, 2.24) is 5.32 Å². The quantitative estimate of drug-likeness (QED) is 0.690. The van der Waals surface area contributed by atoms with Crippen LogP contribution < -0.4 is 5.32 Å². The maximum atomic E-state index is 5.48. The molecule has 1 saturated carbocycles. The molecule has 1 aliphatic heterocycles. The van der Waals surface area contributed by atoms with Gasteiger partial charge >= 0.3 is 0 Å². The summed E-state index contributed by atoms with van der Waals surface area (Å²) in [6.07, 6.45) is 4.28. The lowest BCUT2D eigenvalue weighted by molar-refractivity contribution is 0.00767. The Bertz CT molecular complexity index is 157. The van der Waals surface area contributed by atoms with Gasteiger partial charge in [0, 0.05) is 25.6 Å². The van der Waals surface area contributed by atoms with Crippen LogP contribution >= 0.6 is 0 Å². The van der Waals surface area contributed by atoms with Crippen molar-refractivity contribution >= 4 is 0 Å². The lowest BCUT2D eigenvalue weighted by Crippen LogP contribution is -2.48. The summed E-state index contributed by atoms with van der Waals surface area (Å²) in [6.45, 7) is 2.73. The number of hydrogen-bond donors (Lipinski definition) is 1. The fourth-order valence-electron chi connectivity index (χ4n) is 2.57. The minimum Gasteiger partial charge on any atom is -0.381 e. The van der Waals surface area contributed by atoms with Crippen LogP contribution in [0.5, 0.6) is 0 Å². The highest BCUT2D eigenvalue weighted by atomic mass is 16.5. The van der Waals surface area contributed by atoms with E-state index in [4.69, 9.17) is 9.47 Å². The van der Waals surface area contributed by atoms with Gasteiger partial charge in [-0.2, -0.15) is 0 Å². The van der Waals surface area contributed by atoms with Crippen molar-refractivity contribution in [3.05, 3.63) is 0 Å². The van der Waals surface area contributed by atoms with E-state index in [9.17, 15) is 0 Å². The van der Waals surface area contributed by atoms with Crippen molar-refractivity contribution in [3.8, 4) is 0 Å². The molecule has 3 heteroatoms. The summed E-state index contributed by atoms with van der Waals surface area (Å²) in [4.78, 5) is 0. The van der Waals surface area contributed by atoms with Gasteiger partial charge in [0.15, 0.2) is 0 Å². The molecule has 0 spiro atoms. The van der Waals surface area contributed by atoms with Crippen LogP contribution in [0.4, 0.5) is 0 Å². The molecule has 13 heavy (non-hydrogen) atoms. The van der Waals surface area contributed by atoms with E-state index in [1.807, 2.05) is 7.11 Å². The van der Waals surface area contributed by atoms with E-state index in [-0.39, 0.29) is 0 Å². The van der Waals surface area contributed by atoms with E-state index < -0.39 is 0 Å². The molecule has 76 valence electrons. The summed E-state index contributed by atoms with van der Waals surface area (Å²) < 4.78 is 11.0. The lowest BCUT2D eigenvalue weighted by atomic mass is 9.96. The lowest BCUT2D eigenvalue weighted by Gasteiger charge is -2.31. The monoisotopic (exact) mass is 185 g/mol. The Morgan fingerprint density at radius 2 is 2.31 bits per heavy atom. The van der Waals surface area contributed by atoms with Gasteiger partial charge in [0.1, 0.15) is 0 Å². The number of nitrogens with one attached hydrogen (secondary N) is 1. The average Bonchev–Trinajstić information content (AvgIpc) is 2.67. The van der Waals surface area contributed by atoms with Crippen LogP contribution in [0.15, 0.2) is 0 Å². The van der Waals surface area contributed by atoms with Crippen molar-refractivity contribution < 1.29 is 9.47 Å². The fraction of sp³-hybridized carbons (Fsp3) is 1.00. The molecule has 2 aliphatic rings. The molecule has 3 atom stereocenters. The van der Waals surface area contributed by atoms with Crippen LogP contribution in [0, 0.1) is 5.92 Å². The summed E-state index contributed by atoms with van der Waals surface area (Å²) in [5, 5.41) is 3.52. The van der Waals surface area contributed by atoms with E-state index in [0.29, 0.717) is 18.1 Å². The highest BCUT2D eigenvalue weighted by molar-refractivity contribution is 4.88. The second kappa shape index (κ2) is 4.40. The second-order valence-corrected chi connectivity index (χ2v) is 4.00. The molecule has 0 bridgehead atoms. The van der Waals surface area contributed by atoms with Crippen LogP contribution in [0.3, 0.4) is 0 Å². The smallest absolute Gasteiger partial charge is 0.0623 e. The van der Waals surface area contributed by atoms with Crippen molar-refractivity contribution in [1.29, 1.82) is 0 Å². The Morgan fingerprint density at radius 3 is 3.00 bits per heavy atom. The number of methoxy groups -OCH3 is 1. The molecule has 3 nitrogen and oxygen atoms in total. The van der Waals surface area contributed by atoms with Gasteiger partial charge in [-0.1, -0.05) is 6.42 Å². The summed E-state index contributed by atoms with van der Waals surface area (Å²) in [5.41, 5.74) is 0. The molecule has 0 amide bonds. The van der Waals surface area contributed by atoms with Gasteiger partial charge < -0.3 is 14.8 Å². The van der Waals surface area contributed by atoms with Crippen molar-refractivity contribution in [2.24, 2.45) is 5.92 Å². The molecular formula is C10H19NO2. The first-order valence-electron chi connectivity index (χ1n) is 5.25. The third kappa shape index (κ3) is 2.03. The summed E-state index contributed by atoms with van der Waals surface area (Å²) in [6, 6.07) is 0.529. The van der Waals surface area contributed by atoms with Gasteiger partial charge in [0.2, 0.25) is 0 Å². The van der Waals surface area contributed by atoms with Crippen molar-refractivity contribution in [3.63, 3.8) is 0 Å². The molecule has 3 unspecified atom stereocenters. The predicted octanol–water partition coefficient (Wildman–Crippen LogP) is 0.790. The van der Waals surface area contributed by atoms with Gasteiger partial charge in [-0.05, 0) is 12.8 Å². The summed E-state index contributed by atoms with van der Waals surface area (Å²) in [7, 11) is 1.83. The highest BCUT2D eigenvalue weighted by Crippen LogP contribution is 2.31. The van der Waals surface area contributed by atoms with Gasteiger partial charge in [-0.15, -0.1) is 0 Å². The van der Waals surface area contributed by atoms with Gasteiger partial charge in [0.25, 0.3) is 0 Å². The van der Waals surface area contributed by atoms with Gasteiger partial charge in [-0.25, -0.2) is 0 Å². The van der Waals surface area contributed by atoms with Crippen LogP contribution in [0.25, 0.3) is 0 Å². The Labute approximate surface area is 79.8 Å². The minimum atomic E-state index is 0.458. The van der Waals surface area contributed by atoms with Gasteiger partial charge in [-0.3, -0.25) is 0 Å². The second-order valence-electron chi connectivity index (χ2n) is 4.00. The van der Waals surface area contributed by atoms with Crippen LogP contribution in [-0.4, -0.2) is 39.0 Å².